The Bertz CT molecular complexity index is 311. The van der Waals surface area contributed by atoms with Crippen LogP contribution < -0.4 is 11.1 Å². The standard InChI is InChI=1S/C11H15BrN2O/c12-10-4-2-9(3-5-10)8-11(15)14-7-1-6-13/h2-5H,1,6-8,13H2,(H,14,15). The van der Waals surface area contributed by atoms with E-state index >= 15 is 0 Å². The summed E-state index contributed by atoms with van der Waals surface area (Å²) in [6.07, 6.45) is 1.25. The molecular weight excluding hydrogens is 256 g/mol. The third kappa shape index (κ3) is 4.95. The number of rotatable bonds is 5. The fourth-order valence-electron chi connectivity index (χ4n) is 1.18. The number of benzene rings is 1. The Morgan fingerprint density at radius 1 is 1.33 bits per heavy atom. The third-order valence-corrected chi connectivity index (χ3v) is 2.51. The highest BCUT2D eigenvalue weighted by Crippen LogP contribution is 2.10. The lowest BCUT2D eigenvalue weighted by Gasteiger charge is -2.04. The van der Waals surface area contributed by atoms with Crippen molar-refractivity contribution in [1.82, 2.24) is 5.32 Å². The molecule has 0 fully saturated rings. The van der Waals surface area contributed by atoms with Gasteiger partial charge in [0.05, 0.1) is 6.42 Å². The van der Waals surface area contributed by atoms with E-state index in [2.05, 4.69) is 21.2 Å². The molecule has 1 aromatic rings. The number of amides is 1. The highest BCUT2D eigenvalue weighted by Gasteiger charge is 2.01. The van der Waals surface area contributed by atoms with Crippen LogP contribution in [0.3, 0.4) is 0 Å². The molecule has 0 atom stereocenters. The summed E-state index contributed by atoms with van der Waals surface area (Å²) in [6.45, 7) is 1.27. The zero-order valence-corrected chi connectivity index (χ0v) is 10.1. The van der Waals surface area contributed by atoms with E-state index in [9.17, 15) is 4.79 Å². The van der Waals surface area contributed by atoms with E-state index in [-0.39, 0.29) is 5.91 Å². The van der Waals surface area contributed by atoms with Gasteiger partial charge >= 0.3 is 0 Å². The molecule has 0 saturated carbocycles. The van der Waals surface area contributed by atoms with Crippen LogP contribution in [0.5, 0.6) is 0 Å². The molecule has 1 rings (SSSR count). The van der Waals surface area contributed by atoms with E-state index in [4.69, 9.17) is 5.73 Å². The Morgan fingerprint density at radius 2 is 2.00 bits per heavy atom. The Balaban J connectivity index is 2.34. The molecular formula is C11H15BrN2O. The molecule has 15 heavy (non-hydrogen) atoms. The van der Waals surface area contributed by atoms with Gasteiger partial charge in [-0.15, -0.1) is 0 Å². The molecule has 0 aliphatic heterocycles. The Hall–Kier alpha value is -0.870. The maximum Gasteiger partial charge on any atom is 0.224 e. The van der Waals surface area contributed by atoms with Crippen molar-refractivity contribution in [2.45, 2.75) is 12.8 Å². The first-order valence-electron chi connectivity index (χ1n) is 4.93. The van der Waals surface area contributed by atoms with Crippen molar-refractivity contribution in [1.29, 1.82) is 0 Å². The second-order valence-electron chi connectivity index (χ2n) is 3.30. The summed E-state index contributed by atoms with van der Waals surface area (Å²) < 4.78 is 1.02. The second-order valence-corrected chi connectivity index (χ2v) is 4.21. The van der Waals surface area contributed by atoms with Gasteiger partial charge in [0.2, 0.25) is 5.91 Å². The average Bonchev–Trinajstić information content (AvgIpc) is 2.22. The molecule has 0 aliphatic rings. The number of nitrogens with one attached hydrogen (secondary N) is 1. The molecule has 0 bridgehead atoms. The van der Waals surface area contributed by atoms with Crippen molar-refractivity contribution in [2.24, 2.45) is 5.73 Å². The van der Waals surface area contributed by atoms with Gasteiger partial charge in [-0.1, -0.05) is 28.1 Å². The Kier molecular flexibility index (Phi) is 5.36. The quantitative estimate of drug-likeness (QED) is 0.796. The number of carbonyl (C=O) groups is 1. The summed E-state index contributed by atoms with van der Waals surface area (Å²) >= 11 is 3.35. The van der Waals surface area contributed by atoms with Crippen LogP contribution in [-0.2, 0) is 11.2 Å². The fraction of sp³-hybridized carbons (Fsp3) is 0.364. The monoisotopic (exact) mass is 270 g/mol. The van der Waals surface area contributed by atoms with Crippen molar-refractivity contribution in [3.63, 3.8) is 0 Å². The molecule has 4 heteroatoms. The van der Waals surface area contributed by atoms with Gasteiger partial charge in [0.25, 0.3) is 0 Å². The van der Waals surface area contributed by atoms with Crippen molar-refractivity contribution >= 4 is 21.8 Å². The van der Waals surface area contributed by atoms with Crippen LogP contribution >= 0.6 is 15.9 Å². The summed E-state index contributed by atoms with van der Waals surface area (Å²) in [6, 6.07) is 7.74. The molecule has 1 amide bonds. The average molecular weight is 271 g/mol. The summed E-state index contributed by atoms with van der Waals surface area (Å²) in [5.74, 6) is 0.0470. The molecule has 0 unspecified atom stereocenters. The molecule has 0 aromatic heterocycles. The maximum atomic E-state index is 11.4. The second kappa shape index (κ2) is 6.58. The molecule has 3 N–H and O–H groups in total. The largest absolute Gasteiger partial charge is 0.356 e. The molecule has 0 heterocycles. The van der Waals surface area contributed by atoms with Gasteiger partial charge in [-0.3, -0.25) is 4.79 Å². The normalized spacial score (nSPS) is 10.0. The summed E-state index contributed by atoms with van der Waals surface area (Å²) in [5.41, 5.74) is 6.34. The zero-order valence-electron chi connectivity index (χ0n) is 8.50. The number of halogens is 1. The molecule has 3 nitrogen and oxygen atoms in total. The van der Waals surface area contributed by atoms with E-state index in [1.807, 2.05) is 24.3 Å². The van der Waals surface area contributed by atoms with Crippen LogP contribution in [-0.4, -0.2) is 19.0 Å². The summed E-state index contributed by atoms with van der Waals surface area (Å²) in [5, 5.41) is 2.82. The minimum absolute atomic E-state index is 0.0470. The number of hydrogen-bond donors (Lipinski definition) is 2. The zero-order chi connectivity index (χ0) is 11.1. The molecule has 0 spiro atoms. The predicted octanol–water partition coefficient (Wildman–Crippen LogP) is 1.46. The highest BCUT2D eigenvalue weighted by atomic mass is 79.9. The SMILES string of the molecule is NCCCNC(=O)Cc1ccc(Br)cc1. The first kappa shape index (κ1) is 12.2. The fourth-order valence-corrected chi connectivity index (χ4v) is 1.44. The highest BCUT2D eigenvalue weighted by molar-refractivity contribution is 9.10. The van der Waals surface area contributed by atoms with Crippen molar-refractivity contribution < 1.29 is 4.79 Å². The summed E-state index contributed by atoms with van der Waals surface area (Å²) in [4.78, 5) is 11.4. The molecule has 0 radical (unpaired) electrons. The van der Waals surface area contributed by atoms with E-state index in [0.29, 0.717) is 19.5 Å². The van der Waals surface area contributed by atoms with E-state index in [0.717, 1.165) is 16.5 Å². The number of hydrogen-bond acceptors (Lipinski definition) is 2. The van der Waals surface area contributed by atoms with E-state index < -0.39 is 0 Å². The van der Waals surface area contributed by atoms with Crippen molar-refractivity contribution in [3.8, 4) is 0 Å². The van der Waals surface area contributed by atoms with Crippen LogP contribution in [0.2, 0.25) is 0 Å². The van der Waals surface area contributed by atoms with Gasteiger partial charge in [0, 0.05) is 11.0 Å². The van der Waals surface area contributed by atoms with Crippen LogP contribution in [0.4, 0.5) is 0 Å². The minimum atomic E-state index is 0.0470. The number of nitrogens with two attached hydrogens (primary N) is 1. The van der Waals surface area contributed by atoms with Gasteiger partial charge in [-0.05, 0) is 30.7 Å². The van der Waals surface area contributed by atoms with Crippen LogP contribution in [0, 0.1) is 0 Å². The van der Waals surface area contributed by atoms with Crippen LogP contribution in [0.15, 0.2) is 28.7 Å². The van der Waals surface area contributed by atoms with Gasteiger partial charge in [0.15, 0.2) is 0 Å². The lowest BCUT2D eigenvalue weighted by atomic mass is 10.1. The number of carbonyl (C=O) groups excluding carboxylic acids is 1. The topological polar surface area (TPSA) is 55.1 Å². The first-order valence-corrected chi connectivity index (χ1v) is 5.73. The molecule has 82 valence electrons. The summed E-state index contributed by atoms with van der Waals surface area (Å²) in [7, 11) is 0. The molecule has 0 saturated heterocycles. The molecule has 1 aromatic carbocycles. The smallest absolute Gasteiger partial charge is 0.224 e. The minimum Gasteiger partial charge on any atom is -0.356 e. The van der Waals surface area contributed by atoms with Crippen LogP contribution in [0.25, 0.3) is 0 Å². The molecule has 0 aliphatic carbocycles. The third-order valence-electron chi connectivity index (χ3n) is 1.98. The van der Waals surface area contributed by atoms with E-state index in [1.54, 1.807) is 0 Å². The van der Waals surface area contributed by atoms with Crippen molar-refractivity contribution in [3.05, 3.63) is 34.3 Å². The Labute approximate surface area is 98.2 Å². The van der Waals surface area contributed by atoms with Crippen LogP contribution in [0.1, 0.15) is 12.0 Å². The van der Waals surface area contributed by atoms with Gasteiger partial charge in [-0.2, -0.15) is 0 Å². The Morgan fingerprint density at radius 3 is 2.60 bits per heavy atom. The van der Waals surface area contributed by atoms with Gasteiger partial charge in [0.1, 0.15) is 0 Å². The maximum absolute atomic E-state index is 11.4. The van der Waals surface area contributed by atoms with Gasteiger partial charge < -0.3 is 11.1 Å². The van der Waals surface area contributed by atoms with Gasteiger partial charge in [-0.25, -0.2) is 0 Å². The lowest BCUT2D eigenvalue weighted by Crippen LogP contribution is -2.27. The lowest BCUT2D eigenvalue weighted by molar-refractivity contribution is -0.120. The van der Waals surface area contributed by atoms with Crippen molar-refractivity contribution in [2.75, 3.05) is 13.1 Å². The predicted molar refractivity (Wildman–Crippen MR) is 64.5 cm³/mol. The first-order chi connectivity index (χ1) is 7.22. The van der Waals surface area contributed by atoms with E-state index in [1.165, 1.54) is 0 Å².